The maximum atomic E-state index is 12.8. The van der Waals surface area contributed by atoms with Gasteiger partial charge in [-0.15, -0.1) is 0 Å². The Labute approximate surface area is 124 Å². The predicted molar refractivity (Wildman–Crippen MR) is 72.9 cm³/mol. The Balaban J connectivity index is 2.25. The van der Waals surface area contributed by atoms with Crippen LogP contribution in [-0.2, 0) is 17.0 Å². The van der Waals surface area contributed by atoms with Gasteiger partial charge in [0.05, 0.1) is 5.56 Å². The van der Waals surface area contributed by atoms with Gasteiger partial charge >= 0.3 is 6.18 Å². The number of hydrogen-bond acceptors (Lipinski definition) is 2. The lowest BCUT2D eigenvalue weighted by Gasteiger charge is -2.26. The second kappa shape index (κ2) is 5.85. The molecule has 0 saturated carbocycles. The summed E-state index contributed by atoms with van der Waals surface area (Å²) >= 11 is 2.83. The summed E-state index contributed by atoms with van der Waals surface area (Å²) in [6.45, 7) is 0.617. The maximum Gasteiger partial charge on any atom is 0.417 e. The van der Waals surface area contributed by atoms with E-state index >= 15 is 0 Å². The summed E-state index contributed by atoms with van der Waals surface area (Å²) in [5, 5.41) is 0. The molecular weight excluding hydrogens is 359 g/mol. The molecule has 0 bridgehead atoms. The van der Waals surface area contributed by atoms with Crippen LogP contribution in [0.3, 0.4) is 0 Å². The van der Waals surface area contributed by atoms with Gasteiger partial charge in [0.2, 0.25) is 0 Å². The van der Waals surface area contributed by atoms with Gasteiger partial charge in [-0.2, -0.15) is 13.2 Å². The quantitative estimate of drug-likeness (QED) is 0.763. The van der Waals surface area contributed by atoms with E-state index in [2.05, 4.69) is 15.9 Å². The van der Waals surface area contributed by atoms with Crippen LogP contribution in [-0.4, -0.2) is 39.6 Å². The molecule has 1 amide bonds. The van der Waals surface area contributed by atoms with Gasteiger partial charge in [0.15, 0.2) is 0 Å². The first-order chi connectivity index (χ1) is 9.29. The monoisotopic (exact) mass is 369 g/mol. The minimum atomic E-state index is -4.52. The summed E-state index contributed by atoms with van der Waals surface area (Å²) < 4.78 is 49.5. The summed E-state index contributed by atoms with van der Waals surface area (Å²) in [6.07, 6.45) is -4.52. The summed E-state index contributed by atoms with van der Waals surface area (Å²) in [5.74, 6) is 0.280. The first-order valence-corrected chi connectivity index (χ1v) is 8.08. The molecule has 0 N–H and O–H groups in total. The van der Waals surface area contributed by atoms with Crippen molar-refractivity contribution in [3.63, 3.8) is 0 Å². The van der Waals surface area contributed by atoms with Crippen LogP contribution in [0, 0.1) is 0 Å². The molecule has 1 aromatic rings. The molecule has 2 rings (SSSR count). The number of carbonyl (C=O) groups is 1. The molecule has 8 heteroatoms. The van der Waals surface area contributed by atoms with Crippen molar-refractivity contribution in [1.82, 2.24) is 4.90 Å². The molecule has 1 aromatic carbocycles. The van der Waals surface area contributed by atoms with Crippen LogP contribution >= 0.6 is 15.9 Å². The Bertz CT molecular complexity index is 552. The fourth-order valence-electron chi connectivity index (χ4n) is 1.90. The molecule has 0 spiro atoms. The maximum absolute atomic E-state index is 12.8. The zero-order valence-electron chi connectivity index (χ0n) is 10.2. The summed E-state index contributed by atoms with van der Waals surface area (Å²) in [6, 6.07) is 3.42. The lowest BCUT2D eigenvalue weighted by molar-refractivity contribution is -0.138. The van der Waals surface area contributed by atoms with Crippen molar-refractivity contribution in [2.75, 3.05) is 24.6 Å². The number of nitrogens with zero attached hydrogens (tertiary/aromatic N) is 1. The second-order valence-electron chi connectivity index (χ2n) is 4.33. The third kappa shape index (κ3) is 3.41. The largest absolute Gasteiger partial charge is 0.417 e. The molecule has 0 radical (unpaired) electrons. The Morgan fingerprint density at radius 2 is 1.85 bits per heavy atom. The van der Waals surface area contributed by atoms with Crippen molar-refractivity contribution in [2.24, 2.45) is 0 Å². The number of carbonyl (C=O) groups excluding carboxylic acids is 1. The molecule has 0 aliphatic carbocycles. The lowest BCUT2D eigenvalue weighted by atomic mass is 10.1. The molecule has 1 aliphatic rings. The number of alkyl halides is 3. The van der Waals surface area contributed by atoms with Crippen LogP contribution in [0.25, 0.3) is 0 Å². The van der Waals surface area contributed by atoms with E-state index < -0.39 is 28.4 Å². The highest BCUT2D eigenvalue weighted by atomic mass is 79.9. The standard InChI is InChI=1S/C12H11BrF3NO2S/c13-10-2-1-8(7-9(10)12(14,15)16)11(18)17-3-5-20(19)6-4-17/h1-2,7H,3-6H2. The zero-order chi connectivity index (χ0) is 14.9. The molecule has 3 nitrogen and oxygen atoms in total. The van der Waals surface area contributed by atoms with Gasteiger partial charge in [-0.25, -0.2) is 0 Å². The highest BCUT2D eigenvalue weighted by Gasteiger charge is 2.34. The normalized spacial score (nSPS) is 17.3. The zero-order valence-corrected chi connectivity index (χ0v) is 12.6. The second-order valence-corrected chi connectivity index (χ2v) is 6.88. The third-order valence-electron chi connectivity index (χ3n) is 2.98. The topological polar surface area (TPSA) is 37.4 Å². The minimum absolute atomic E-state index is 0.00629. The van der Waals surface area contributed by atoms with E-state index in [0.29, 0.717) is 24.6 Å². The van der Waals surface area contributed by atoms with Crippen LogP contribution in [0.2, 0.25) is 0 Å². The number of rotatable bonds is 1. The van der Waals surface area contributed by atoms with Crippen molar-refractivity contribution < 1.29 is 22.2 Å². The van der Waals surface area contributed by atoms with E-state index in [1.807, 2.05) is 0 Å². The van der Waals surface area contributed by atoms with Crippen LogP contribution in [0.15, 0.2) is 22.7 Å². The van der Waals surface area contributed by atoms with Crippen molar-refractivity contribution in [1.29, 1.82) is 0 Å². The van der Waals surface area contributed by atoms with E-state index in [9.17, 15) is 22.2 Å². The van der Waals surface area contributed by atoms with Gasteiger partial charge in [-0.1, -0.05) is 15.9 Å². The highest BCUT2D eigenvalue weighted by molar-refractivity contribution is 9.10. The number of benzene rings is 1. The van der Waals surface area contributed by atoms with E-state index in [0.717, 1.165) is 6.07 Å². The van der Waals surface area contributed by atoms with Crippen molar-refractivity contribution in [3.8, 4) is 0 Å². The van der Waals surface area contributed by atoms with Gasteiger partial charge < -0.3 is 4.90 Å². The number of hydrogen-bond donors (Lipinski definition) is 0. The average molecular weight is 370 g/mol. The Morgan fingerprint density at radius 3 is 2.40 bits per heavy atom. The van der Waals surface area contributed by atoms with E-state index in [1.165, 1.54) is 17.0 Å². The Hall–Kier alpha value is -0.890. The fraction of sp³-hybridized carbons (Fsp3) is 0.417. The van der Waals surface area contributed by atoms with Gasteiger partial charge in [0, 0.05) is 45.4 Å². The van der Waals surface area contributed by atoms with Gasteiger partial charge in [0.1, 0.15) is 0 Å². The molecule has 0 atom stereocenters. The first-order valence-electron chi connectivity index (χ1n) is 5.80. The molecule has 1 aliphatic heterocycles. The molecule has 1 saturated heterocycles. The van der Waals surface area contributed by atoms with Gasteiger partial charge in [-0.05, 0) is 18.2 Å². The Kier molecular flexibility index (Phi) is 4.53. The van der Waals surface area contributed by atoms with E-state index in [4.69, 9.17) is 0 Å². The molecule has 0 aromatic heterocycles. The SMILES string of the molecule is O=C(c1ccc(Br)c(C(F)(F)F)c1)N1CCS(=O)CC1. The predicted octanol–water partition coefficient (Wildman–Crippen LogP) is 2.67. The van der Waals surface area contributed by atoms with Crippen molar-refractivity contribution in [2.45, 2.75) is 6.18 Å². The summed E-state index contributed by atoms with van der Waals surface area (Å²) in [4.78, 5) is 13.6. The van der Waals surface area contributed by atoms with Crippen molar-refractivity contribution in [3.05, 3.63) is 33.8 Å². The molecule has 110 valence electrons. The average Bonchev–Trinajstić information content (AvgIpc) is 2.38. The van der Waals surface area contributed by atoms with Gasteiger partial charge in [0.25, 0.3) is 5.91 Å². The lowest BCUT2D eigenvalue weighted by Crippen LogP contribution is -2.41. The molecule has 0 unspecified atom stereocenters. The van der Waals surface area contributed by atoms with Gasteiger partial charge in [-0.3, -0.25) is 9.00 Å². The van der Waals surface area contributed by atoms with Crippen LogP contribution in [0.1, 0.15) is 15.9 Å². The fourth-order valence-corrected chi connectivity index (χ4v) is 3.42. The molecule has 1 heterocycles. The molecule has 20 heavy (non-hydrogen) atoms. The summed E-state index contributed by atoms with van der Waals surface area (Å²) in [7, 11) is -0.937. The van der Waals surface area contributed by atoms with Crippen LogP contribution in [0.4, 0.5) is 13.2 Å². The van der Waals surface area contributed by atoms with Crippen molar-refractivity contribution >= 4 is 32.6 Å². The highest BCUT2D eigenvalue weighted by Crippen LogP contribution is 2.35. The van der Waals surface area contributed by atoms with Crippen LogP contribution < -0.4 is 0 Å². The van der Waals surface area contributed by atoms with E-state index in [-0.39, 0.29) is 10.0 Å². The molecule has 1 fully saturated rings. The first kappa shape index (κ1) is 15.5. The van der Waals surface area contributed by atoms with Crippen LogP contribution in [0.5, 0.6) is 0 Å². The number of halogens is 4. The number of amides is 1. The smallest absolute Gasteiger partial charge is 0.337 e. The summed E-state index contributed by atoms with van der Waals surface area (Å²) in [5.41, 5.74) is -0.878. The third-order valence-corrected chi connectivity index (χ3v) is 4.95. The van der Waals surface area contributed by atoms with E-state index in [1.54, 1.807) is 0 Å². The molecular formula is C12H11BrF3NO2S. The minimum Gasteiger partial charge on any atom is -0.337 e. The Morgan fingerprint density at radius 1 is 1.25 bits per heavy atom.